The smallest absolute Gasteiger partial charge is 0.307 e. The minimum atomic E-state index is -0.251. The number of rotatable bonds is 3. The van der Waals surface area contributed by atoms with E-state index in [1.807, 2.05) is 12.1 Å². The third-order valence-electron chi connectivity index (χ3n) is 2.40. The van der Waals surface area contributed by atoms with Crippen molar-refractivity contribution < 1.29 is 9.53 Å². The number of allylic oxidation sites excluding steroid dienone is 1. The quantitative estimate of drug-likeness (QED) is 0.510. The fourth-order valence-corrected chi connectivity index (χ4v) is 1.48. The summed E-state index contributed by atoms with van der Waals surface area (Å²) < 4.78 is 5.26. The highest BCUT2D eigenvalue weighted by Gasteiger charge is 2.21. The Hall–Kier alpha value is -1.30. The molecular weight excluding hydrogens is 178 g/mol. The van der Waals surface area contributed by atoms with E-state index in [0.717, 1.165) is 12.8 Å². The lowest BCUT2D eigenvalue weighted by Crippen LogP contribution is -2.26. The molecule has 0 bridgehead atoms. The molecule has 2 unspecified atom stereocenters. The largest absolute Gasteiger partial charge is 0.462 e. The van der Waals surface area contributed by atoms with E-state index in [4.69, 9.17) is 10.00 Å². The molecule has 0 heterocycles. The topological polar surface area (TPSA) is 50.1 Å². The molecule has 1 aliphatic carbocycles. The standard InChI is InChI=1S/C11H15NO2/c1-9-5-2-3-6-10(9)14-11(13)7-4-8-12/h2-3,9-10H,4-7H2,1H3. The highest BCUT2D eigenvalue weighted by atomic mass is 16.5. The monoisotopic (exact) mass is 193 g/mol. The molecule has 0 saturated carbocycles. The van der Waals surface area contributed by atoms with Crippen molar-refractivity contribution in [2.24, 2.45) is 5.92 Å². The zero-order valence-corrected chi connectivity index (χ0v) is 8.40. The average Bonchev–Trinajstić information content (AvgIpc) is 2.18. The summed E-state index contributed by atoms with van der Waals surface area (Å²) in [5.41, 5.74) is 0. The Morgan fingerprint density at radius 2 is 2.29 bits per heavy atom. The molecule has 0 N–H and O–H groups in total. The van der Waals surface area contributed by atoms with Crippen LogP contribution >= 0.6 is 0 Å². The van der Waals surface area contributed by atoms with Crippen LogP contribution in [0.5, 0.6) is 0 Å². The summed E-state index contributed by atoms with van der Waals surface area (Å²) in [7, 11) is 0. The number of nitriles is 1. The summed E-state index contributed by atoms with van der Waals surface area (Å²) in [5.74, 6) is 0.143. The highest BCUT2D eigenvalue weighted by Crippen LogP contribution is 2.21. The highest BCUT2D eigenvalue weighted by molar-refractivity contribution is 5.69. The third kappa shape index (κ3) is 3.21. The van der Waals surface area contributed by atoms with E-state index in [1.165, 1.54) is 0 Å². The molecule has 0 aromatic rings. The van der Waals surface area contributed by atoms with E-state index in [9.17, 15) is 4.79 Å². The van der Waals surface area contributed by atoms with Crippen LogP contribution in [0.1, 0.15) is 32.6 Å². The van der Waals surface area contributed by atoms with Gasteiger partial charge in [-0.2, -0.15) is 5.26 Å². The average molecular weight is 193 g/mol. The van der Waals surface area contributed by atoms with Crippen LogP contribution in [0.4, 0.5) is 0 Å². The first-order chi connectivity index (χ1) is 6.74. The Bertz CT molecular complexity index is 265. The van der Waals surface area contributed by atoms with Crippen LogP contribution in [0.15, 0.2) is 12.2 Å². The van der Waals surface area contributed by atoms with Crippen LogP contribution in [0, 0.1) is 17.2 Å². The van der Waals surface area contributed by atoms with E-state index in [-0.39, 0.29) is 24.9 Å². The second kappa shape index (κ2) is 5.43. The van der Waals surface area contributed by atoms with Crippen molar-refractivity contribution in [3.63, 3.8) is 0 Å². The number of ether oxygens (including phenoxy) is 1. The van der Waals surface area contributed by atoms with E-state index in [1.54, 1.807) is 0 Å². The number of hydrogen-bond donors (Lipinski definition) is 0. The van der Waals surface area contributed by atoms with Crippen LogP contribution < -0.4 is 0 Å². The van der Waals surface area contributed by atoms with Gasteiger partial charge in [0.15, 0.2) is 0 Å². The molecule has 0 radical (unpaired) electrons. The van der Waals surface area contributed by atoms with Crippen LogP contribution in [-0.4, -0.2) is 12.1 Å². The van der Waals surface area contributed by atoms with Gasteiger partial charge >= 0.3 is 5.97 Å². The maximum absolute atomic E-state index is 11.2. The lowest BCUT2D eigenvalue weighted by molar-refractivity contribution is -0.151. The predicted octanol–water partition coefficient (Wildman–Crippen LogP) is 2.19. The zero-order chi connectivity index (χ0) is 10.4. The molecule has 0 fully saturated rings. The van der Waals surface area contributed by atoms with Gasteiger partial charge in [-0.3, -0.25) is 4.79 Å². The molecule has 2 atom stereocenters. The van der Waals surface area contributed by atoms with Gasteiger partial charge in [-0.15, -0.1) is 0 Å². The van der Waals surface area contributed by atoms with Gasteiger partial charge in [-0.1, -0.05) is 19.1 Å². The number of carbonyl (C=O) groups excluding carboxylic acids is 1. The molecule has 0 spiro atoms. The lowest BCUT2D eigenvalue weighted by Gasteiger charge is -2.24. The van der Waals surface area contributed by atoms with Gasteiger partial charge in [-0.25, -0.2) is 0 Å². The van der Waals surface area contributed by atoms with Gasteiger partial charge in [0.05, 0.1) is 12.5 Å². The van der Waals surface area contributed by atoms with Crippen molar-refractivity contribution in [2.45, 2.75) is 38.7 Å². The molecule has 0 aromatic carbocycles. The number of esters is 1. The molecule has 3 nitrogen and oxygen atoms in total. The Labute approximate surface area is 84.4 Å². The van der Waals surface area contributed by atoms with Gasteiger partial charge < -0.3 is 4.74 Å². The van der Waals surface area contributed by atoms with Crippen LogP contribution in [0.3, 0.4) is 0 Å². The summed E-state index contributed by atoms with van der Waals surface area (Å²) in [6, 6.07) is 1.93. The van der Waals surface area contributed by atoms with E-state index in [2.05, 4.69) is 13.0 Å². The molecule has 0 aliphatic heterocycles. The van der Waals surface area contributed by atoms with Crippen LogP contribution in [0.2, 0.25) is 0 Å². The summed E-state index contributed by atoms with van der Waals surface area (Å²) in [6.07, 6.45) is 6.40. The Balaban J connectivity index is 2.32. The first-order valence-electron chi connectivity index (χ1n) is 4.95. The molecule has 76 valence electrons. The summed E-state index contributed by atoms with van der Waals surface area (Å²) in [6.45, 7) is 2.08. The second-order valence-electron chi connectivity index (χ2n) is 3.61. The summed E-state index contributed by atoms with van der Waals surface area (Å²) in [4.78, 5) is 11.2. The van der Waals surface area contributed by atoms with Crippen molar-refractivity contribution in [1.29, 1.82) is 5.26 Å². The molecule has 0 amide bonds. The SMILES string of the molecule is CC1CC=CCC1OC(=O)CCC#N. The van der Waals surface area contributed by atoms with Crippen LogP contribution in [-0.2, 0) is 9.53 Å². The maximum atomic E-state index is 11.2. The molecule has 1 aliphatic rings. The van der Waals surface area contributed by atoms with E-state index < -0.39 is 0 Å². The van der Waals surface area contributed by atoms with Crippen LogP contribution in [0.25, 0.3) is 0 Å². The summed E-state index contributed by atoms with van der Waals surface area (Å²) >= 11 is 0. The van der Waals surface area contributed by atoms with E-state index in [0.29, 0.717) is 5.92 Å². The normalized spacial score (nSPS) is 25.4. The zero-order valence-electron chi connectivity index (χ0n) is 8.40. The van der Waals surface area contributed by atoms with Gasteiger partial charge in [0.25, 0.3) is 0 Å². The number of hydrogen-bond acceptors (Lipinski definition) is 3. The molecule has 3 heteroatoms. The molecule has 0 saturated heterocycles. The van der Waals surface area contributed by atoms with Crippen molar-refractivity contribution in [1.82, 2.24) is 0 Å². The Morgan fingerprint density at radius 3 is 2.93 bits per heavy atom. The molecule has 0 aromatic heterocycles. The Morgan fingerprint density at radius 1 is 1.57 bits per heavy atom. The molecular formula is C11H15NO2. The maximum Gasteiger partial charge on any atom is 0.307 e. The number of carbonyl (C=O) groups is 1. The first-order valence-corrected chi connectivity index (χ1v) is 4.95. The van der Waals surface area contributed by atoms with Crippen molar-refractivity contribution >= 4 is 5.97 Å². The fraction of sp³-hybridized carbons (Fsp3) is 0.636. The minimum absolute atomic E-state index is 0.00573. The molecule has 1 rings (SSSR count). The molecule has 14 heavy (non-hydrogen) atoms. The minimum Gasteiger partial charge on any atom is -0.462 e. The fourth-order valence-electron chi connectivity index (χ4n) is 1.48. The van der Waals surface area contributed by atoms with Crippen molar-refractivity contribution in [3.8, 4) is 6.07 Å². The summed E-state index contributed by atoms with van der Waals surface area (Å²) in [5, 5.41) is 8.30. The predicted molar refractivity (Wildman–Crippen MR) is 52.3 cm³/mol. The van der Waals surface area contributed by atoms with Gasteiger partial charge in [0, 0.05) is 12.8 Å². The number of nitrogens with zero attached hydrogens (tertiary/aromatic N) is 1. The van der Waals surface area contributed by atoms with Gasteiger partial charge in [0.2, 0.25) is 0 Å². The van der Waals surface area contributed by atoms with Gasteiger partial charge in [0.1, 0.15) is 6.10 Å². The van der Waals surface area contributed by atoms with E-state index >= 15 is 0 Å². The first kappa shape index (κ1) is 10.8. The van der Waals surface area contributed by atoms with Crippen molar-refractivity contribution in [3.05, 3.63) is 12.2 Å². The lowest BCUT2D eigenvalue weighted by atomic mass is 9.93. The van der Waals surface area contributed by atoms with Crippen molar-refractivity contribution in [2.75, 3.05) is 0 Å². The second-order valence-corrected chi connectivity index (χ2v) is 3.61. The van der Waals surface area contributed by atoms with Gasteiger partial charge in [-0.05, 0) is 12.3 Å². The third-order valence-corrected chi connectivity index (χ3v) is 2.40. The Kier molecular flexibility index (Phi) is 4.18.